The summed E-state index contributed by atoms with van der Waals surface area (Å²) in [5.74, 6) is 0.228. The average molecular weight is 354 g/mol. The number of halogens is 1. The van der Waals surface area contributed by atoms with Gasteiger partial charge >= 0.3 is 0 Å². The first-order chi connectivity index (χ1) is 12.2. The molecule has 25 heavy (non-hydrogen) atoms. The SMILES string of the molecule is COc1ccc(Cl)cc1C(=O)NCc1ccnc(-c2cccnc2)c1. The molecule has 0 radical (unpaired) electrons. The van der Waals surface area contributed by atoms with Gasteiger partial charge in [0, 0.05) is 35.7 Å². The molecule has 0 aliphatic rings. The standard InChI is InChI=1S/C19H16ClN3O2/c1-25-18-5-4-15(20)10-16(18)19(24)23-11-13-6-8-22-17(9-13)14-3-2-7-21-12-14/h2-10,12H,11H2,1H3,(H,23,24). The lowest BCUT2D eigenvalue weighted by atomic mass is 10.1. The van der Waals surface area contributed by atoms with E-state index in [0.29, 0.717) is 22.9 Å². The third kappa shape index (κ3) is 4.14. The lowest BCUT2D eigenvalue weighted by Crippen LogP contribution is -2.23. The largest absolute Gasteiger partial charge is 0.496 e. The molecule has 3 rings (SSSR count). The van der Waals surface area contributed by atoms with Gasteiger partial charge in [0.2, 0.25) is 0 Å². The third-order valence-electron chi connectivity index (χ3n) is 3.64. The Hall–Kier alpha value is -2.92. The molecule has 1 N–H and O–H groups in total. The number of amides is 1. The van der Waals surface area contributed by atoms with Gasteiger partial charge in [-0.3, -0.25) is 14.8 Å². The minimum Gasteiger partial charge on any atom is -0.496 e. The molecule has 2 aromatic heterocycles. The highest BCUT2D eigenvalue weighted by molar-refractivity contribution is 6.31. The van der Waals surface area contributed by atoms with Crippen LogP contribution in [0.1, 0.15) is 15.9 Å². The number of nitrogens with one attached hydrogen (secondary N) is 1. The summed E-state index contributed by atoms with van der Waals surface area (Å²) in [5.41, 5.74) is 3.06. The molecule has 1 amide bonds. The van der Waals surface area contributed by atoms with Crippen LogP contribution in [0.3, 0.4) is 0 Å². The summed E-state index contributed by atoms with van der Waals surface area (Å²) in [5, 5.41) is 3.36. The maximum atomic E-state index is 12.4. The molecule has 0 saturated carbocycles. The van der Waals surface area contributed by atoms with Crippen molar-refractivity contribution >= 4 is 17.5 Å². The van der Waals surface area contributed by atoms with Crippen molar-refractivity contribution in [3.05, 3.63) is 77.2 Å². The van der Waals surface area contributed by atoms with Gasteiger partial charge in [0.25, 0.3) is 5.91 Å². The molecule has 0 atom stereocenters. The van der Waals surface area contributed by atoms with Crippen LogP contribution in [-0.4, -0.2) is 23.0 Å². The maximum Gasteiger partial charge on any atom is 0.255 e. The van der Waals surface area contributed by atoms with E-state index in [0.717, 1.165) is 16.8 Å². The van der Waals surface area contributed by atoms with Crippen LogP contribution in [0, 0.1) is 0 Å². The Balaban J connectivity index is 1.74. The molecule has 0 aliphatic carbocycles. The van der Waals surface area contributed by atoms with E-state index in [-0.39, 0.29) is 5.91 Å². The minimum atomic E-state index is -0.251. The van der Waals surface area contributed by atoms with Crippen molar-refractivity contribution in [3.63, 3.8) is 0 Å². The fourth-order valence-electron chi connectivity index (χ4n) is 2.39. The number of carbonyl (C=O) groups excluding carboxylic acids is 1. The van der Waals surface area contributed by atoms with Crippen LogP contribution < -0.4 is 10.1 Å². The molecule has 1 aromatic carbocycles. The lowest BCUT2D eigenvalue weighted by Gasteiger charge is -2.10. The van der Waals surface area contributed by atoms with Crippen LogP contribution in [0.4, 0.5) is 0 Å². The number of benzene rings is 1. The van der Waals surface area contributed by atoms with Crippen LogP contribution in [-0.2, 0) is 6.54 Å². The second-order valence-corrected chi connectivity index (χ2v) is 5.75. The van der Waals surface area contributed by atoms with Gasteiger partial charge in [-0.05, 0) is 48.0 Å². The highest BCUT2D eigenvalue weighted by Gasteiger charge is 2.13. The van der Waals surface area contributed by atoms with Gasteiger partial charge in [-0.1, -0.05) is 11.6 Å². The number of pyridine rings is 2. The summed E-state index contributed by atoms with van der Waals surface area (Å²) in [4.78, 5) is 20.9. The summed E-state index contributed by atoms with van der Waals surface area (Å²) < 4.78 is 5.21. The quantitative estimate of drug-likeness (QED) is 0.759. The number of hydrogen-bond donors (Lipinski definition) is 1. The van der Waals surface area contributed by atoms with E-state index in [1.807, 2.05) is 24.3 Å². The molecule has 2 heterocycles. The topological polar surface area (TPSA) is 64.1 Å². The lowest BCUT2D eigenvalue weighted by molar-refractivity contribution is 0.0948. The first kappa shape index (κ1) is 16.9. The molecule has 0 unspecified atom stereocenters. The van der Waals surface area contributed by atoms with Gasteiger partial charge in [0.05, 0.1) is 18.4 Å². The number of carbonyl (C=O) groups is 1. The van der Waals surface area contributed by atoms with E-state index in [2.05, 4.69) is 15.3 Å². The zero-order chi connectivity index (χ0) is 17.6. The Labute approximate surface area is 150 Å². The third-order valence-corrected chi connectivity index (χ3v) is 3.88. The molecule has 126 valence electrons. The van der Waals surface area contributed by atoms with Crippen molar-refractivity contribution in [2.24, 2.45) is 0 Å². The second kappa shape index (κ2) is 7.77. The number of hydrogen-bond acceptors (Lipinski definition) is 4. The molecule has 0 bridgehead atoms. The normalized spacial score (nSPS) is 10.3. The van der Waals surface area contributed by atoms with Crippen LogP contribution in [0.25, 0.3) is 11.3 Å². The van der Waals surface area contributed by atoms with Crippen LogP contribution in [0.5, 0.6) is 5.75 Å². The zero-order valence-electron chi connectivity index (χ0n) is 13.6. The van der Waals surface area contributed by atoms with Gasteiger partial charge in [-0.15, -0.1) is 0 Å². The van der Waals surface area contributed by atoms with E-state index >= 15 is 0 Å². The summed E-state index contributed by atoms with van der Waals surface area (Å²) in [7, 11) is 1.52. The van der Waals surface area contributed by atoms with Crippen LogP contribution in [0.15, 0.2) is 61.1 Å². The molecule has 3 aromatic rings. The van der Waals surface area contributed by atoms with Crippen molar-refractivity contribution in [1.29, 1.82) is 0 Å². The van der Waals surface area contributed by atoms with E-state index in [9.17, 15) is 4.79 Å². The van der Waals surface area contributed by atoms with Gasteiger partial charge in [-0.2, -0.15) is 0 Å². The van der Waals surface area contributed by atoms with E-state index < -0.39 is 0 Å². The highest BCUT2D eigenvalue weighted by atomic mass is 35.5. The predicted octanol–water partition coefficient (Wildman–Crippen LogP) is 3.74. The summed E-state index contributed by atoms with van der Waals surface area (Å²) in [6.07, 6.45) is 5.18. The van der Waals surface area contributed by atoms with E-state index in [1.54, 1.807) is 36.8 Å². The van der Waals surface area contributed by atoms with Crippen LogP contribution >= 0.6 is 11.6 Å². The Morgan fingerprint density at radius 3 is 2.84 bits per heavy atom. The summed E-state index contributed by atoms with van der Waals surface area (Å²) in [6.45, 7) is 0.365. The first-order valence-corrected chi connectivity index (χ1v) is 8.02. The number of nitrogens with zero attached hydrogens (tertiary/aromatic N) is 2. The van der Waals surface area contributed by atoms with E-state index in [4.69, 9.17) is 16.3 Å². The Morgan fingerprint density at radius 2 is 2.08 bits per heavy atom. The van der Waals surface area contributed by atoms with Crippen molar-refractivity contribution in [1.82, 2.24) is 15.3 Å². The monoisotopic (exact) mass is 353 g/mol. The number of methoxy groups -OCH3 is 1. The van der Waals surface area contributed by atoms with Gasteiger partial charge in [0.1, 0.15) is 5.75 Å². The molecule has 0 saturated heterocycles. The Kier molecular flexibility index (Phi) is 5.26. The molecule has 6 heteroatoms. The van der Waals surface area contributed by atoms with Gasteiger partial charge < -0.3 is 10.1 Å². The molecule has 0 spiro atoms. The Bertz CT molecular complexity index is 885. The number of ether oxygens (including phenoxy) is 1. The molecule has 0 fully saturated rings. The van der Waals surface area contributed by atoms with Gasteiger partial charge in [-0.25, -0.2) is 0 Å². The van der Waals surface area contributed by atoms with Crippen molar-refractivity contribution in [2.45, 2.75) is 6.54 Å². The first-order valence-electron chi connectivity index (χ1n) is 7.64. The minimum absolute atomic E-state index is 0.251. The van der Waals surface area contributed by atoms with Crippen molar-refractivity contribution < 1.29 is 9.53 Å². The predicted molar refractivity (Wildman–Crippen MR) is 96.6 cm³/mol. The maximum absolute atomic E-state index is 12.4. The smallest absolute Gasteiger partial charge is 0.255 e. The molecular formula is C19H16ClN3O2. The fourth-order valence-corrected chi connectivity index (χ4v) is 2.56. The second-order valence-electron chi connectivity index (χ2n) is 5.32. The molecule has 0 aliphatic heterocycles. The fraction of sp³-hybridized carbons (Fsp3) is 0.105. The zero-order valence-corrected chi connectivity index (χ0v) is 14.3. The highest BCUT2D eigenvalue weighted by Crippen LogP contribution is 2.22. The van der Waals surface area contributed by atoms with E-state index in [1.165, 1.54) is 7.11 Å². The molecule has 5 nitrogen and oxygen atoms in total. The number of aromatic nitrogens is 2. The summed E-state index contributed by atoms with van der Waals surface area (Å²) >= 11 is 5.97. The number of rotatable bonds is 5. The summed E-state index contributed by atoms with van der Waals surface area (Å²) in [6, 6.07) is 12.5. The van der Waals surface area contributed by atoms with Crippen molar-refractivity contribution in [2.75, 3.05) is 7.11 Å². The molecular weight excluding hydrogens is 338 g/mol. The Morgan fingerprint density at radius 1 is 1.20 bits per heavy atom. The van der Waals surface area contributed by atoms with Crippen molar-refractivity contribution in [3.8, 4) is 17.0 Å². The average Bonchev–Trinajstić information content (AvgIpc) is 2.67. The van der Waals surface area contributed by atoms with Gasteiger partial charge in [0.15, 0.2) is 0 Å². The van der Waals surface area contributed by atoms with Crippen LogP contribution in [0.2, 0.25) is 5.02 Å².